The van der Waals surface area contributed by atoms with E-state index in [9.17, 15) is 24.3 Å². The van der Waals surface area contributed by atoms with Crippen molar-refractivity contribution in [2.24, 2.45) is 0 Å². The van der Waals surface area contributed by atoms with Crippen LogP contribution in [0.25, 0.3) is 11.5 Å². The van der Waals surface area contributed by atoms with Gasteiger partial charge in [0, 0.05) is 23.6 Å². The second kappa shape index (κ2) is 20.7. The third-order valence-electron chi connectivity index (χ3n) is 8.51. The predicted molar refractivity (Wildman–Crippen MR) is 204 cm³/mol. The van der Waals surface area contributed by atoms with Gasteiger partial charge < -0.3 is 33.8 Å². The number of carbonyl (C=O) groups excluding carboxylic acids is 3. The fraction of sp³-hybridized carbons (Fsp3) is 0.262. The van der Waals surface area contributed by atoms with Crippen molar-refractivity contribution < 1.29 is 47.6 Å². The number of benzene rings is 4. The van der Waals surface area contributed by atoms with E-state index in [2.05, 4.69) is 15.0 Å². The van der Waals surface area contributed by atoms with Crippen molar-refractivity contribution >= 4 is 24.3 Å². The lowest BCUT2D eigenvalue weighted by atomic mass is 10.1. The average Bonchev–Trinajstić information content (AvgIpc) is 3.59. The highest BCUT2D eigenvalue weighted by atomic mass is 16.6. The highest BCUT2D eigenvalue weighted by Crippen LogP contribution is 2.26. The number of nitrogens with zero attached hydrogens (tertiary/aromatic N) is 2. The molecule has 2 atom stereocenters. The van der Waals surface area contributed by atoms with Crippen molar-refractivity contribution in [3.63, 3.8) is 0 Å². The van der Waals surface area contributed by atoms with Crippen LogP contribution >= 0.6 is 0 Å². The first-order valence-electron chi connectivity index (χ1n) is 17.4. The van der Waals surface area contributed by atoms with Crippen molar-refractivity contribution in [2.45, 2.75) is 39.3 Å². The Bertz CT molecular complexity index is 1980. The van der Waals surface area contributed by atoms with Crippen LogP contribution in [0.15, 0.2) is 108 Å². The average molecular weight is 752 g/mol. The molecule has 2 N–H and O–H groups in total. The Labute approximate surface area is 319 Å². The van der Waals surface area contributed by atoms with E-state index < -0.39 is 24.6 Å². The van der Waals surface area contributed by atoms with Crippen LogP contribution < -0.4 is 19.5 Å². The fourth-order valence-corrected chi connectivity index (χ4v) is 5.25. The molecule has 13 nitrogen and oxygen atoms in total. The quantitative estimate of drug-likeness (QED) is 0.0767. The lowest BCUT2D eigenvalue weighted by Gasteiger charge is -2.27. The van der Waals surface area contributed by atoms with Crippen molar-refractivity contribution in [3.05, 3.63) is 131 Å². The summed E-state index contributed by atoms with van der Waals surface area (Å²) in [6.07, 6.45) is 0.605. The molecule has 13 heteroatoms. The van der Waals surface area contributed by atoms with E-state index in [1.54, 1.807) is 67.6 Å². The summed E-state index contributed by atoms with van der Waals surface area (Å²) in [7, 11) is 2.89. The molecule has 0 aliphatic carbocycles. The van der Waals surface area contributed by atoms with E-state index in [4.69, 9.17) is 18.6 Å². The van der Waals surface area contributed by atoms with Gasteiger partial charge in [0.2, 0.25) is 5.89 Å². The summed E-state index contributed by atoms with van der Waals surface area (Å²) in [5.74, 6) is 1.43. The third kappa shape index (κ3) is 12.6. The molecule has 0 aliphatic rings. The highest BCUT2D eigenvalue weighted by Gasteiger charge is 2.26. The van der Waals surface area contributed by atoms with Crippen molar-refractivity contribution in [2.75, 3.05) is 33.9 Å². The topological polar surface area (TPSA) is 167 Å². The number of rotatable bonds is 16. The predicted octanol–water partition coefficient (Wildman–Crippen LogP) is 7.25. The molecular formula is C42H45N3O10. The Balaban J connectivity index is 0.000000352. The summed E-state index contributed by atoms with van der Waals surface area (Å²) >= 11 is 0. The summed E-state index contributed by atoms with van der Waals surface area (Å²) < 4.78 is 26.7. The number of oxazole rings is 1. The van der Waals surface area contributed by atoms with E-state index in [0.29, 0.717) is 36.0 Å². The van der Waals surface area contributed by atoms with Gasteiger partial charge in [-0.05, 0) is 80.4 Å². The molecule has 0 fully saturated rings. The van der Waals surface area contributed by atoms with E-state index in [0.717, 1.165) is 39.3 Å². The maximum Gasteiger partial charge on any atom is 0.416 e. The van der Waals surface area contributed by atoms with Gasteiger partial charge in [-0.3, -0.25) is 19.3 Å². The van der Waals surface area contributed by atoms with Crippen LogP contribution in [-0.2, 0) is 20.7 Å². The minimum atomic E-state index is -1.15. The van der Waals surface area contributed by atoms with Crippen LogP contribution in [-0.4, -0.2) is 73.2 Å². The van der Waals surface area contributed by atoms with Gasteiger partial charge in [-0.25, -0.2) is 9.78 Å². The number of aryl methyl sites for hydroxylation is 1. The van der Waals surface area contributed by atoms with Crippen LogP contribution in [0, 0.1) is 6.92 Å². The van der Waals surface area contributed by atoms with E-state index in [1.165, 1.54) is 14.2 Å². The number of carboxylic acid groups (broad SMARTS) is 1. The van der Waals surface area contributed by atoms with E-state index in [1.807, 2.05) is 56.3 Å². The Hall–Kier alpha value is -6.47. The number of carbonyl (C=O) groups is 4. The summed E-state index contributed by atoms with van der Waals surface area (Å²) in [5, 5.41) is 12.4. The Morgan fingerprint density at radius 3 is 2.07 bits per heavy atom. The standard InChI is InChI=1S/C30H30N2O7.C12H15NO3/c1-20(32(19-28(33)34)30(35)39-26-15-13-24(36-3)14-16-26)22-9-11-25(12-10-22)37-18-17-27-21(2)38-29(31-27)23-7-5-4-6-8-23;1-9(13-7-12(15)16-2)11-5-3-10(8-14)4-6-11/h4-16,20H,17-19H2,1-3H3,(H,33,34);3-6,8-9,13H,7H2,1-2H3/t20-;9-/m00/s1. The van der Waals surface area contributed by atoms with Gasteiger partial charge >= 0.3 is 18.0 Å². The summed E-state index contributed by atoms with van der Waals surface area (Å²) in [4.78, 5) is 51.5. The van der Waals surface area contributed by atoms with Crippen LogP contribution in [0.2, 0.25) is 0 Å². The van der Waals surface area contributed by atoms with Gasteiger partial charge in [0.15, 0.2) is 0 Å². The largest absolute Gasteiger partial charge is 0.497 e. The fourth-order valence-electron chi connectivity index (χ4n) is 5.25. The second-order valence-corrected chi connectivity index (χ2v) is 12.3. The first-order valence-corrected chi connectivity index (χ1v) is 17.4. The van der Waals surface area contributed by atoms with Crippen LogP contribution in [0.5, 0.6) is 17.2 Å². The zero-order valence-corrected chi connectivity index (χ0v) is 31.4. The Morgan fingerprint density at radius 1 is 0.855 bits per heavy atom. The normalized spacial score (nSPS) is 11.6. The molecule has 4 aromatic carbocycles. The maximum atomic E-state index is 12.9. The number of aldehydes is 1. The minimum absolute atomic E-state index is 0.0415. The van der Waals surface area contributed by atoms with E-state index in [-0.39, 0.29) is 24.3 Å². The number of carboxylic acids is 1. The number of hydrogen-bond donors (Lipinski definition) is 2. The second-order valence-electron chi connectivity index (χ2n) is 12.3. The van der Waals surface area contributed by atoms with Gasteiger partial charge in [0.25, 0.3) is 0 Å². The van der Waals surface area contributed by atoms with Crippen LogP contribution in [0.1, 0.15) is 58.9 Å². The van der Waals surface area contributed by atoms with Gasteiger partial charge in [-0.1, -0.05) is 54.6 Å². The number of esters is 1. The molecule has 1 heterocycles. The molecule has 55 heavy (non-hydrogen) atoms. The first kappa shape index (κ1) is 41.3. The number of hydrogen-bond acceptors (Lipinski definition) is 11. The van der Waals surface area contributed by atoms with Crippen molar-refractivity contribution in [1.82, 2.24) is 15.2 Å². The third-order valence-corrected chi connectivity index (χ3v) is 8.51. The number of amides is 1. The zero-order valence-electron chi connectivity index (χ0n) is 31.4. The molecule has 288 valence electrons. The number of nitrogens with one attached hydrogen (secondary N) is 1. The Morgan fingerprint density at radius 2 is 1.47 bits per heavy atom. The Kier molecular flexibility index (Phi) is 15.5. The molecular weight excluding hydrogens is 706 g/mol. The molecule has 0 radical (unpaired) electrons. The molecule has 0 saturated carbocycles. The highest BCUT2D eigenvalue weighted by molar-refractivity contribution is 5.78. The minimum Gasteiger partial charge on any atom is -0.497 e. The lowest BCUT2D eigenvalue weighted by molar-refractivity contribution is -0.140. The molecule has 0 bridgehead atoms. The molecule has 0 aliphatic heterocycles. The molecule has 5 aromatic rings. The van der Waals surface area contributed by atoms with Crippen LogP contribution in [0.3, 0.4) is 0 Å². The van der Waals surface area contributed by atoms with Gasteiger partial charge in [-0.15, -0.1) is 0 Å². The summed E-state index contributed by atoms with van der Waals surface area (Å²) in [5.41, 5.74) is 4.15. The maximum absolute atomic E-state index is 12.9. The molecule has 0 unspecified atom stereocenters. The van der Waals surface area contributed by atoms with Gasteiger partial charge in [0.1, 0.15) is 35.8 Å². The molecule has 1 aromatic heterocycles. The zero-order chi connectivity index (χ0) is 39.7. The molecule has 5 rings (SSSR count). The lowest BCUT2D eigenvalue weighted by Crippen LogP contribution is -2.39. The SMILES string of the molecule is COC(=O)CN[C@@H](C)c1ccc(C=O)cc1.COc1ccc(OC(=O)N(CC(=O)O)[C@@H](C)c2ccc(OCCc3nc(-c4ccccc4)oc3C)cc2)cc1. The van der Waals surface area contributed by atoms with Gasteiger partial charge in [0.05, 0.1) is 39.1 Å². The number of ether oxygens (including phenoxy) is 4. The number of methoxy groups -OCH3 is 2. The summed E-state index contributed by atoms with van der Waals surface area (Å²) in [6, 6.07) is 30.0. The van der Waals surface area contributed by atoms with Gasteiger partial charge in [-0.2, -0.15) is 0 Å². The van der Waals surface area contributed by atoms with Crippen LogP contribution in [0.4, 0.5) is 4.79 Å². The van der Waals surface area contributed by atoms with Crippen molar-refractivity contribution in [3.8, 4) is 28.7 Å². The van der Waals surface area contributed by atoms with Crippen molar-refractivity contribution in [1.29, 1.82) is 0 Å². The molecule has 0 spiro atoms. The molecule has 0 saturated heterocycles. The van der Waals surface area contributed by atoms with E-state index >= 15 is 0 Å². The molecule has 1 amide bonds. The monoisotopic (exact) mass is 751 g/mol. The summed E-state index contributed by atoms with van der Waals surface area (Å²) in [6.45, 7) is 5.62. The smallest absolute Gasteiger partial charge is 0.416 e. The number of aliphatic carboxylic acids is 1. The first-order chi connectivity index (χ1) is 26.5. The number of aromatic nitrogens is 1.